The summed E-state index contributed by atoms with van der Waals surface area (Å²) in [5.74, 6) is -1.06. The van der Waals surface area contributed by atoms with E-state index >= 15 is 0 Å². The van der Waals surface area contributed by atoms with Crippen LogP contribution in [0.1, 0.15) is 38.2 Å². The molecule has 1 aromatic rings. The molecule has 1 aliphatic heterocycles. The molecule has 0 spiro atoms. The first-order valence-electron chi connectivity index (χ1n) is 6.13. The lowest BCUT2D eigenvalue weighted by atomic mass is 9.86. The van der Waals surface area contributed by atoms with Gasteiger partial charge < -0.3 is 10.0 Å². The number of rotatable bonds is 3. The molecule has 0 saturated carbocycles. The standard InChI is InChI=1S/C14H17NO3/c1-9(2)15-12-6-4-3-5-11(12)10(7-13(15)16)8-14(17)18/h3-6,9-10H,7-8H2,1-2H3,(H,17,18). The molecule has 0 fully saturated rings. The van der Waals surface area contributed by atoms with Gasteiger partial charge in [-0.25, -0.2) is 0 Å². The fraction of sp³-hybridized carbons (Fsp3) is 0.429. The van der Waals surface area contributed by atoms with E-state index in [0.717, 1.165) is 11.3 Å². The van der Waals surface area contributed by atoms with Gasteiger partial charge in [0.15, 0.2) is 0 Å². The number of nitrogens with zero attached hydrogens (tertiary/aromatic N) is 1. The van der Waals surface area contributed by atoms with Crippen molar-refractivity contribution in [1.82, 2.24) is 0 Å². The highest BCUT2D eigenvalue weighted by molar-refractivity contribution is 5.98. The predicted octanol–water partition coefficient (Wildman–Crippen LogP) is 2.39. The molecule has 18 heavy (non-hydrogen) atoms. The van der Waals surface area contributed by atoms with Gasteiger partial charge in [0.2, 0.25) is 5.91 Å². The first kappa shape index (κ1) is 12.6. The van der Waals surface area contributed by atoms with Crippen LogP contribution in [0.3, 0.4) is 0 Å². The maximum atomic E-state index is 12.1. The number of anilines is 1. The average molecular weight is 247 g/mol. The third kappa shape index (κ3) is 2.23. The number of para-hydroxylation sites is 1. The third-order valence-electron chi connectivity index (χ3n) is 3.26. The SMILES string of the molecule is CC(C)N1C(=O)CC(CC(=O)O)c2ccccc21. The molecule has 0 aromatic heterocycles. The number of aliphatic carboxylic acids is 1. The fourth-order valence-electron chi connectivity index (χ4n) is 2.56. The van der Waals surface area contributed by atoms with Crippen LogP contribution in [0.4, 0.5) is 5.69 Å². The first-order valence-corrected chi connectivity index (χ1v) is 6.13. The Bertz CT molecular complexity index is 482. The van der Waals surface area contributed by atoms with Crippen molar-refractivity contribution in [2.75, 3.05) is 4.90 Å². The Morgan fingerprint density at radius 3 is 2.72 bits per heavy atom. The molecule has 1 heterocycles. The maximum absolute atomic E-state index is 12.1. The van der Waals surface area contributed by atoms with Crippen molar-refractivity contribution in [3.05, 3.63) is 29.8 Å². The summed E-state index contributed by atoms with van der Waals surface area (Å²) in [5.41, 5.74) is 1.82. The summed E-state index contributed by atoms with van der Waals surface area (Å²) in [6.45, 7) is 3.93. The van der Waals surface area contributed by atoms with Crippen LogP contribution < -0.4 is 4.90 Å². The number of carbonyl (C=O) groups is 2. The zero-order valence-electron chi connectivity index (χ0n) is 10.6. The van der Waals surface area contributed by atoms with E-state index in [4.69, 9.17) is 5.11 Å². The van der Waals surface area contributed by atoms with Gasteiger partial charge >= 0.3 is 5.97 Å². The second kappa shape index (κ2) is 4.80. The molecule has 2 rings (SSSR count). The third-order valence-corrected chi connectivity index (χ3v) is 3.26. The molecule has 1 atom stereocenters. The largest absolute Gasteiger partial charge is 0.481 e. The van der Waals surface area contributed by atoms with Crippen LogP contribution in [0.2, 0.25) is 0 Å². The summed E-state index contributed by atoms with van der Waals surface area (Å²) >= 11 is 0. The topological polar surface area (TPSA) is 57.6 Å². The van der Waals surface area contributed by atoms with E-state index in [2.05, 4.69) is 0 Å². The van der Waals surface area contributed by atoms with Crippen LogP contribution >= 0.6 is 0 Å². The highest BCUT2D eigenvalue weighted by Crippen LogP contribution is 2.38. The Hall–Kier alpha value is -1.84. The molecular weight excluding hydrogens is 230 g/mol. The molecule has 1 N–H and O–H groups in total. The van der Waals surface area contributed by atoms with Crippen LogP contribution in [0.25, 0.3) is 0 Å². The number of carboxylic acid groups (broad SMARTS) is 1. The minimum atomic E-state index is -0.861. The van der Waals surface area contributed by atoms with E-state index in [1.165, 1.54) is 0 Å². The molecule has 96 valence electrons. The quantitative estimate of drug-likeness (QED) is 0.892. The molecule has 0 radical (unpaired) electrons. The lowest BCUT2D eigenvalue weighted by molar-refractivity contribution is -0.137. The Balaban J connectivity index is 2.44. The smallest absolute Gasteiger partial charge is 0.303 e. The number of carbonyl (C=O) groups excluding carboxylic acids is 1. The van der Waals surface area contributed by atoms with Gasteiger partial charge in [-0.15, -0.1) is 0 Å². The zero-order valence-corrected chi connectivity index (χ0v) is 10.6. The van der Waals surface area contributed by atoms with E-state index in [9.17, 15) is 9.59 Å². The summed E-state index contributed by atoms with van der Waals surface area (Å²) in [4.78, 5) is 24.8. The summed E-state index contributed by atoms with van der Waals surface area (Å²) in [5, 5.41) is 8.93. The van der Waals surface area contributed by atoms with Gasteiger partial charge in [0, 0.05) is 24.1 Å². The Kier molecular flexibility index (Phi) is 3.36. The van der Waals surface area contributed by atoms with Gasteiger partial charge in [-0.3, -0.25) is 9.59 Å². The van der Waals surface area contributed by atoms with Gasteiger partial charge in [-0.2, -0.15) is 0 Å². The van der Waals surface area contributed by atoms with Gasteiger partial charge in [-0.1, -0.05) is 18.2 Å². The van der Waals surface area contributed by atoms with Gasteiger partial charge in [0.05, 0.1) is 6.42 Å². The highest BCUT2D eigenvalue weighted by Gasteiger charge is 2.33. The molecule has 0 aliphatic carbocycles. The zero-order chi connectivity index (χ0) is 13.3. The molecule has 4 heteroatoms. The molecule has 4 nitrogen and oxygen atoms in total. The van der Waals surface area contributed by atoms with Crippen LogP contribution in [-0.2, 0) is 9.59 Å². The minimum Gasteiger partial charge on any atom is -0.481 e. The van der Waals surface area contributed by atoms with E-state index in [0.29, 0.717) is 0 Å². The summed E-state index contributed by atoms with van der Waals surface area (Å²) < 4.78 is 0. The first-order chi connectivity index (χ1) is 8.50. The van der Waals surface area contributed by atoms with Gasteiger partial charge in [-0.05, 0) is 25.5 Å². The molecule has 1 amide bonds. The number of amides is 1. The monoisotopic (exact) mass is 247 g/mol. The van der Waals surface area contributed by atoms with Crippen LogP contribution in [0.15, 0.2) is 24.3 Å². The Labute approximate surface area is 106 Å². The molecule has 0 bridgehead atoms. The van der Waals surface area contributed by atoms with E-state index in [1.54, 1.807) is 4.90 Å². The molecule has 1 aliphatic rings. The molecular formula is C14H17NO3. The van der Waals surface area contributed by atoms with Crippen molar-refractivity contribution in [3.8, 4) is 0 Å². The van der Waals surface area contributed by atoms with Crippen molar-refractivity contribution in [3.63, 3.8) is 0 Å². The number of benzene rings is 1. The normalized spacial score (nSPS) is 18.9. The van der Waals surface area contributed by atoms with Crippen LogP contribution in [-0.4, -0.2) is 23.0 Å². The van der Waals surface area contributed by atoms with Crippen LogP contribution in [0.5, 0.6) is 0 Å². The van der Waals surface area contributed by atoms with Gasteiger partial charge in [0.1, 0.15) is 0 Å². The van der Waals surface area contributed by atoms with Crippen molar-refractivity contribution >= 4 is 17.6 Å². The average Bonchev–Trinajstić information content (AvgIpc) is 2.27. The predicted molar refractivity (Wildman–Crippen MR) is 68.7 cm³/mol. The Morgan fingerprint density at radius 1 is 1.44 bits per heavy atom. The van der Waals surface area contributed by atoms with Crippen molar-refractivity contribution < 1.29 is 14.7 Å². The van der Waals surface area contributed by atoms with E-state index < -0.39 is 5.97 Å². The lowest BCUT2D eigenvalue weighted by Crippen LogP contribution is -2.41. The van der Waals surface area contributed by atoms with Crippen LogP contribution in [0, 0.1) is 0 Å². The number of carboxylic acids is 1. The minimum absolute atomic E-state index is 0.00862. The maximum Gasteiger partial charge on any atom is 0.303 e. The molecule has 0 saturated heterocycles. The van der Waals surface area contributed by atoms with E-state index in [1.807, 2.05) is 38.1 Å². The number of hydrogen-bond acceptors (Lipinski definition) is 2. The van der Waals surface area contributed by atoms with E-state index in [-0.39, 0.29) is 30.7 Å². The number of fused-ring (bicyclic) bond motifs is 1. The lowest BCUT2D eigenvalue weighted by Gasteiger charge is -2.36. The van der Waals surface area contributed by atoms with Gasteiger partial charge in [0.25, 0.3) is 0 Å². The summed E-state index contributed by atoms with van der Waals surface area (Å²) in [7, 11) is 0. The fourth-order valence-corrected chi connectivity index (χ4v) is 2.56. The number of hydrogen-bond donors (Lipinski definition) is 1. The highest BCUT2D eigenvalue weighted by atomic mass is 16.4. The van der Waals surface area contributed by atoms with Crippen molar-refractivity contribution in [1.29, 1.82) is 0 Å². The molecule has 1 aromatic carbocycles. The second-order valence-corrected chi connectivity index (χ2v) is 4.92. The molecule has 1 unspecified atom stereocenters. The summed E-state index contributed by atoms with van der Waals surface area (Å²) in [6, 6.07) is 7.67. The van der Waals surface area contributed by atoms with Crippen molar-refractivity contribution in [2.24, 2.45) is 0 Å². The van der Waals surface area contributed by atoms with Crippen molar-refractivity contribution in [2.45, 2.75) is 38.6 Å². The second-order valence-electron chi connectivity index (χ2n) is 4.92. The Morgan fingerprint density at radius 2 is 2.11 bits per heavy atom. The summed E-state index contributed by atoms with van der Waals surface area (Å²) in [6.07, 6.45) is 0.288.